The molecule has 2 heterocycles. The highest BCUT2D eigenvalue weighted by atomic mass is 32.1. The Kier molecular flexibility index (Phi) is 5.62. The number of carbonyl (C=O) groups excluding carboxylic acids is 1. The number of halogens is 2. The molecule has 0 aliphatic heterocycles. The number of pyridine rings is 1. The van der Waals surface area contributed by atoms with E-state index in [1.54, 1.807) is 0 Å². The number of carbonyl (C=O) groups is 1. The summed E-state index contributed by atoms with van der Waals surface area (Å²) in [6, 6.07) is 9.22. The van der Waals surface area contributed by atoms with E-state index in [1.165, 1.54) is 17.4 Å². The van der Waals surface area contributed by atoms with Crippen molar-refractivity contribution < 1.29 is 13.6 Å². The SMILES string of the molecule is [B]c1ccc(CNc2nc3c(cc2C(=O)NCc2ccc(F)c(F)c2)CCC3)s1. The van der Waals surface area contributed by atoms with E-state index in [0.717, 1.165) is 52.3 Å². The van der Waals surface area contributed by atoms with Gasteiger partial charge in [0, 0.05) is 17.1 Å². The Balaban J connectivity index is 1.52. The minimum Gasteiger partial charge on any atom is -0.365 e. The van der Waals surface area contributed by atoms with Gasteiger partial charge in [-0.2, -0.15) is 11.3 Å². The fraction of sp³-hybridized carbons (Fsp3) is 0.238. The third-order valence-electron chi connectivity index (χ3n) is 4.85. The molecule has 0 spiro atoms. The van der Waals surface area contributed by atoms with Crippen LogP contribution in [0.15, 0.2) is 36.4 Å². The molecule has 146 valence electrons. The maximum Gasteiger partial charge on any atom is 0.255 e. The summed E-state index contributed by atoms with van der Waals surface area (Å²) in [6.07, 6.45) is 2.81. The molecule has 0 fully saturated rings. The monoisotopic (exact) mass is 409 g/mol. The van der Waals surface area contributed by atoms with Gasteiger partial charge in [0.25, 0.3) is 5.91 Å². The third kappa shape index (κ3) is 4.48. The molecule has 4 nitrogen and oxygen atoms in total. The minimum atomic E-state index is -0.937. The lowest BCUT2D eigenvalue weighted by molar-refractivity contribution is 0.0951. The molecule has 1 amide bonds. The average Bonchev–Trinajstić information content (AvgIpc) is 3.34. The Hall–Kier alpha value is -2.74. The van der Waals surface area contributed by atoms with Crippen molar-refractivity contribution in [1.82, 2.24) is 10.3 Å². The molecule has 8 heteroatoms. The van der Waals surface area contributed by atoms with Crippen molar-refractivity contribution in [2.75, 3.05) is 5.32 Å². The highest BCUT2D eigenvalue weighted by Gasteiger charge is 2.20. The summed E-state index contributed by atoms with van der Waals surface area (Å²) >= 11 is 1.48. The maximum atomic E-state index is 13.4. The Morgan fingerprint density at radius 2 is 1.97 bits per heavy atom. The van der Waals surface area contributed by atoms with E-state index in [9.17, 15) is 13.6 Å². The fourth-order valence-electron chi connectivity index (χ4n) is 3.37. The first kappa shape index (κ1) is 19.6. The first-order chi connectivity index (χ1) is 14.0. The average molecular weight is 409 g/mol. The smallest absolute Gasteiger partial charge is 0.255 e. The Bertz CT molecular complexity index is 1070. The molecule has 4 rings (SSSR count). The second-order valence-corrected chi connectivity index (χ2v) is 8.13. The molecule has 3 aromatic rings. The van der Waals surface area contributed by atoms with Gasteiger partial charge in [0.05, 0.1) is 12.1 Å². The highest BCUT2D eigenvalue weighted by Crippen LogP contribution is 2.26. The van der Waals surface area contributed by atoms with Crippen LogP contribution in [0.3, 0.4) is 0 Å². The van der Waals surface area contributed by atoms with E-state index in [0.29, 0.717) is 23.5 Å². The Morgan fingerprint density at radius 1 is 1.10 bits per heavy atom. The number of aromatic nitrogens is 1. The summed E-state index contributed by atoms with van der Waals surface area (Å²) in [5, 5.41) is 6.01. The van der Waals surface area contributed by atoms with E-state index < -0.39 is 11.6 Å². The van der Waals surface area contributed by atoms with Gasteiger partial charge in [0.2, 0.25) is 0 Å². The van der Waals surface area contributed by atoms with Crippen LogP contribution in [0.2, 0.25) is 0 Å². The number of nitrogens with zero attached hydrogens (tertiary/aromatic N) is 1. The minimum absolute atomic E-state index is 0.0913. The van der Waals surface area contributed by atoms with E-state index in [2.05, 4.69) is 15.6 Å². The van der Waals surface area contributed by atoms with E-state index in [1.807, 2.05) is 18.2 Å². The number of fused-ring (bicyclic) bond motifs is 1. The maximum absolute atomic E-state index is 13.4. The number of hydrogen-bond acceptors (Lipinski definition) is 4. The van der Waals surface area contributed by atoms with Crippen LogP contribution in [0.25, 0.3) is 0 Å². The number of hydrogen-bond donors (Lipinski definition) is 2. The normalized spacial score (nSPS) is 12.6. The van der Waals surface area contributed by atoms with Gasteiger partial charge in [-0.05, 0) is 59.4 Å². The number of thiophene rings is 1. The topological polar surface area (TPSA) is 54.0 Å². The van der Waals surface area contributed by atoms with Crippen molar-refractivity contribution >= 4 is 35.7 Å². The summed E-state index contributed by atoms with van der Waals surface area (Å²) in [5.74, 6) is -1.65. The lowest BCUT2D eigenvalue weighted by atomic mass is 10.1. The summed E-state index contributed by atoms with van der Waals surface area (Å²) in [5.41, 5.74) is 3.01. The van der Waals surface area contributed by atoms with Crippen molar-refractivity contribution in [3.63, 3.8) is 0 Å². The van der Waals surface area contributed by atoms with Gasteiger partial charge in [-0.15, -0.1) is 0 Å². The van der Waals surface area contributed by atoms with Gasteiger partial charge in [-0.1, -0.05) is 12.1 Å². The second kappa shape index (κ2) is 8.33. The molecule has 0 unspecified atom stereocenters. The highest BCUT2D eigenvalue weighted by molar-refractivity contribution is 7.20. The zero-order valence-electron chi connectivity index (χ0n) is 15.6. The predicted molar refractivity (Wildman–Crippen MR) is 111 cm³/mol. The van der Waals surface area contributed by atoms with Crippen LogP contribution in [0.1, 0.15) is 38.5 Å². The third-order valence-corrected chi connectivity index (χ3v) is 5.76. The lowest BCUT2D eigenvalue weighted by Crippen LogP contribution is -2.25. The van der Waals surface area contributed by atoms with Crippen LogP contribution in [0.5, 0.6) is 0 Å². The molecule has 0 bridgehead atoms. The van der Waals surface area contributed by atoms with Crippen molar-refractivity contribution in [1.29, 1.82) is 0 Å². The first-order valence-electron chi connectivity index (χ1n) is 9.32. The summed E-state index contributed by atoms with van der Waals surface area (Å²) < 4.78 is 27.2. The lowest BCUT2D eigenvalue weighted by Gasteiger charge is -2.13. The zero-order chi connectivity index (χ0) is 20.4. The Labute approximate surface area is 172 Å². The van der Waals surface area contributed by atoms with E-state index in [4.69, 9.17) is 7.85 Å². The number of rotatable bonds is 6. The van der Waals surface area contributed by atoms with E-state index in [-0.39, 0.29) is 12.5 Å². The van der Waals surface area contributed by atoms with Crippen LogP contribution in [-0.4, -0.2) is 18.7 Å². The van der Waals surface area contributed by atoms with Gasteiger partial charge >= 0.3 is 0 Å². The molecule has 2 aromatic heterocycles. The van der Waals surface area contributed by atoms with Gasteiger partial charge in [-0.3, -0.25) is 4.79 Å². The van der Waals surface area contributed by atoms with Crippen LogP contribution >= 0.6 is 11.3 Å². The Morgan fingerprint density at radius 3 is 2.72 bits per heavy atom. The molecule has 1 aromatic carbocycles. The number of benzene rings is 1. The van der Waals surface area contributed by atoms with Crippen molar-refractivity contribution in [2.24, 2.45) is 0 Å². The fourth-order valence-corrected chi connectivity index (χ4v) is 4.09. The number of aryl methyl sites for hydroxylation is 2. The van der Waals surface area contributed by atoms with Gasteiger partial charge in [-0.25, -0.2) is 13.8 Å². The second-order valence-electron chi connectivity index (χ2n) is 6.93. The van der Waals surface area contributed by atoms with E-state index >= 15 is 0 Å². The molecule has 2 radical (unpaired) electrons. The predicted octanol–water partition coefficient (Wildman–Crippen LogP) is 3.25. The number of nitrogens with one attached hydrogen (secondary N) is 2. The molecule has 0 saturated heterocycles. The van der Waals surface area contributed by atoms with Gasteiger partial charge in [0.1, 0.15) is 13.7 Å². The summed E-state index contributed by atoms with van der Waals surface area (Å²) in [7, 11) is 5.78. The van der Waals surface area contributed by atoms with Gasteiger partial charge < -0.3 is 10.6 Å². The number of anilines is 1. The van der Waals surface area contributed by atoms with Crippen molar-refractivity contribution in [3.05, 3.63) is 75.3 Å². The van der Waals surface area contributed by atoms with Crippen LogP contribution in [0, 0.1) is 11.6 Å². The molecule has 0 atom stereocenters. The zero-order valence-corrected chi connectivity index (χ0v) is 16.4. The van der Waals surface area contributed by atoms with Crippen molar-refractivity contribution in [2.45, 2.75) is 32.4 Å². The molecule has 2 N–H and O–H groups in total. The molecular weight excluding hydrogens is 391 g/mol. The molecule has 29 heavy (non-hydrogen) atoms. The van der Waals surface area contributed by atoms with Gasteiger partial charge in [0.15, 0.2) is 11.6 Å². The summed E-state index contributed by atoms with van der Waals surface area (Å²) in [4.78, 5) is 18.5. The molecule has 1 aliphatic carbocycles. The van der Waals surface area contributed by atoms with Crippen LogP contribution in [-0.2, 0) is 25.9 Å². The first-order valence-corrected chi connectivity index (χ1v) is 10.1. The quantitative estimate of drug-likeness (QED) is 0.615. The largest absolute Gasteiger partial charge is 0.365 e. The van der Waals surface area contributed by atoms with Crippen LogP contribution in [0.4, 0.5) is 14.6 Å². The number of amides is 1. The van der Waals surface area contributed by atoms with Crippen molar-refractivity contribution in [3.8, 4) is 0 Å². The standard InChI is InChI=1S/C21H18BF2N3OS/c22-19-7-5-14(29-19)11-25-20-15(9-13-2-1-3-18(13)27-20)21(28)26-10-12-4-6-16(23)17(24)8-12/h4-9H,1-3,10-11H2,(H,25,27)(H,26,28). The molecular formula is C21H18BF2N3OS. The van der Waals surface area contributed by atoms with Crippen LogP contribution < -0.4 is 15.4 Å². The summed E-state index contributed by atoms with van der Waals surface area (Å²) in [6.45, 7) is 0.602. The molecule has 0 saturated carbocycles. The molecule has 1 aliphatic rings.